The van der Waals surface area contributed by atoms with Crippen molar-refractivity contribution in [3.8, 4) is 28.7 Å². The SMILES string of the molecule is Cc1ccc(-c2nc3c(Cl)c(C)[nH]n3n2)cc1.[C-]#[N+]c1c(C(=O)OC2C(C)CC(C)CC2C)c2nc(-c3ccc(C)cc3)[nH]n2c1OC(=O)N1CCOCC1. The van der Waals surface area contributed by atoms with E-state index in [1.807, 2.05) is 62.4 Å². The van der Waals surface area contributed by atoms with Crippen molar-refractivity contribution in [3.63, 3.8) is 0 Å². The first-order valence-corrected chi connectivity index (χ1v) is 18.8. The number of hydrogen-bond acceptors (Lipinski definition) is 8. The molecule has 15 heteroatoms. The number of aryl methyl sites for hydroxylation is 3. The van der Waals surface area contributed by atoms with Gasteiger partial charge >= 0.3 is 12.1 Å². The Morgan fingerprint density at radius 3 is 2.11 bits per heavy atom. The van der Waals surface area contributed by atoms with E-state index in [1.54, 1.807) is 4.63 Å². The molecule has 5 heterocycles. The van der Waals surface area contributed by atoms with Gasteiger partial charge in [-0.2, -0.15) is 4.63 Å². The first-order chi connectivity index (χ1) is 26.4. The Hall–Kier alpha value is -5.65. The maximum Gasteiger partial charge on any atom is 0.415 e. The van der Waals surface area contributed by atoms with Crippen LogP contribution in [0.15, 0.2) is 48.5 Å². The molecule has 8 rings (SSSR count). The number of carbonyl (C=O) groups excluding carboxylic acids is 2. The van der Waals surface area contributed by atoms with Crippen molar-refractivity contribution in [3.05, 3.63) is 87.4 Å². The third kappa shape index (κ3) is 7.67. The van der Waals surface area contributed by atoms with Crippen LogP contribution in [0.1, 0.15) is 60.8 Å². The Balaban J connectivity index is 0.000000227. The number of rotatable bonds is 5. The van der Waals surface area contributed by atoms with Gasteiger partial charge in [0.1, 0.15) is 16.7 Å². The molecule has 6 aromatic rings. The van der Waals surface area contributed by atoms with E-state index in [0.29, 0.717) is 54.5 Å². The number of hydrogen-bond donors (Lipinski definition) is 2. The summed E-state index contributed by atoms with van der Waals surface area (Å²) in [6.45, 7) is 21.8. The van der Waals surface area contributed by atoms with Crippen molar-refractivity contribution in [1.29, 1.82) is 0 Å². The summed E-state index contributed by atoms with van der Waals surface area (Å²) in [7, 11) is 0. The van der Waals surface area contributed by atoms with E-state index in [-0.39, 0.29) is 40.7 Å². The van der Waals surface area contributed by atoms with E-state index in [1.165, 1.54) is 15.0 Å². The van der Waals surface area contributed by atoms with Gasteiger partial charge in [0.05, 0.1) is 25.5 Å². The maximum atomic E-state index is 13.7. The van der Waals surface area contributed by atoms with Crippen LogP contribution in [0.3, 0.4) is 0 Å². The second kappa shape index (κ2) is 15.6. The number of nitrogens with zero attached hydrogens (tertiary/aromatic N) is 7. The van der Waals surface area contributed by atoms with Crippen LogP contribution in [0.5, 0.6) is 5.88 Å². The molecule has 1 saturated carbocycles. The molecule has 55 heavy (non-hydrogen) atoms. The zero-order valence-electron chi connectivity index (χ0n) is 31.7. The summed E-state index contributed by atoms with van der Waals surface area (Å²) in [4.78, 5) is 40.9. The van der Waals surface area contributed by atoms with Gasteiger partial charge in [-0.05, 0) is 51.4 Å². The topological polar surface area (TPSA) is 148 Å². The third-order valence-corrected chi connectivity index (χ3v) is 10.7. The predicted molar refractivity (Wildman–Crippen MR) is 208 cm³/mol. The van der Waals surface area contributed by atoms with E-state index in [2.05, 4.69) is 57.8 Å². The fourth-order valence-electron chi connectivity index (χ4n) is 7.43. The number of nitrogens with one attached hydrogen (secondary N) is 2. The number of carbonyl (C=O) groups is 2. The summed E-state index contributed by atoms with van der Waals surface area (Å²) in [5, 5.41) is 11.1. The number of ether oxygens (including phenoxy) is 3. The van der Waals surface area contributed by atoms with Gasteiger partial charge < -0.3 is 19.1 Å². The molecule has 1 aliphatic heterocycles. The van der Waals surface area contributed by atoms with E-state index in [4.69, 9.17) is 32.4 Å². The Kier molecular flexibility index (Phi) is 10.7. The quantitative estimate of drug-likeness (QED) is 0.132. The highest BCUT2D eigenvalue weighted by Gasteiger charge is 2.37. The fourth-order valence-corrected chi connectivity index (χ4v) is 7.60. The lowest BCUT2D eigenvalue weighted by Crippen LogP contribution is -2.42. The van der Waals surface area contributed by atoms with Crippen LogP contribution in [0.4, 0.5) is 10.5 Å². The molecule has 2 unspecified atom stereocenters. The van der Waals surface area contributed by atoms with Crippen LogP contribution in [0.2, 0.25) is 5.02 Å². The molecule has 1 amide bonds. The first-order valence-electron chi connectivity index (χ1n) is 18.4. The van der Waals surface area contributed by atoms with Crippen molar-refractivity contribution in [1.82, 2.24) is 39.3 Å². The van der Waals surface area contributed by atoms with E-state index in [0.717, 1.165) is 35.2 Å². The van der Waals surface area contributed by atoms with Crippen LogP contribution in [-0.4, -0.2) is 83.8 Å². The van der Waals surface area contributed by atoms with Gasteiger partial charge in [0.2, 0.25) is 5.88 Å². The molecule has 0 radical (unpaired) electrons. The molecule has 4 aromatic heterocycles. The van der Waals surface area contributed by atoms with Crippen LogP contribution >= 0.6 is 11.6 Å². The average molecular weight is 766 g/mol. The molecule has 2 N–H and O–H groups in total. The number of halogens is 1. The highest BCUT2D eigenvalue weighted by atomic mass is 35.5. The van der Waals surface area contributed by atoms with Crippen LogP contribution in [0, 0.1) is 45.1 Å². The normalized spacial score (nSPS) is 19.9. The summed E-state index contributed by atoms with van der Waals surface area (Å²) in [6.07, 6.45) is 1.03. The fraction of sp³-hybridized carbons (Fsp3) is 0.400. The van der Waals surface area contributed by atoms with Crippen molar-refractivity contribution < 1.29 is 23.8 Å². The zero-order valence-corrected chi connectivity index (χ0v) is 32.5. The molecular formula is C40H44ClN9O5. The smallest absolute Gasteiger partial charge is 0.415 e. The molecule has 2 fully saturated rings. The largest absolute Gasteiger partial charge is 0.459 e. The van der Waals surface area contributed by atoms with Gasteiger partial charge in [0.15, 0.2) is 22.9 Å². The van der Waals surface area contributed by atoms with Gasteiger partial charge in [-0.25, -0.2) is 28.9 Å². The Bertz CT molecular complexity index is 2370. The van der Waals surface area contributed by atoms with Gasteiger partial charge in [-0.3, -0.25) is 10.2 Å². The number of amides is 1. The molecule has 1 aliphatic carbocycles. The minimum atomic E-state index is -0.637. The van der Waals surface area contributed by atoms with Gasteiger partial charge in [-0.1, -0.05) is 92.0 Å². The lowest BCUT2D eigenvalue weighted by molar-refractivity contribution is -0.0249. The van der Waals surface area contributed by atoms with Crippen molar-refractivity contribution in [2.24, 2.45) is 17.8 Å². The van der Waals surface area contributed by atoms with E-state index in [9.17, 15) is 9.59 Å². The molecule has 14 nitrogen and oxygen atoms in total. The third-order valence-electron chi connectivity index (χ3n) is 10.2. The molecule has 2 atom stereocenters. The van der Waals surface area contributed by atoms with Gasteiger partial charge in [0.25, 0.3) is 5.69 Å². The number of esters is 1. The van der Waals surface area contributed by atoms with Crippen molar-refractivity contribution >= 4 is 40.6 Å². The second-order valence-corrected chi connectivity index (χ2v) is 15.1. The molecule has 0 spiro atoms. The maximum absolute atomic E-state index is 13.7. The van der Waals surface area contributed by atoms with Gasteiger partial charge in [-0.15, -0.1) is 5.10 Å². The molecular weight excluding hydrogens is 722 g/mol. The number of benzene rings is 2. The number of aromatic amines is 2. The van der Waals surface area contributed by atoms with Crippen LogP contribution in [-0.2, 0) is 9.47 Å². The highest BCUT2D eigenvalue weighted by Crippen LogP contribution is 2.41. The molecule has 2 aromatic carbocycles. The standard InChI is InChI=1S/C28H33N5O5.C12H11ClN4/c1-16-6-8-20(9-7-16)24-30-25-21(27(34)37-23-18(3)14-17(2)15-19(23)4)22(29-5)26(33(25)31-24)38-28(35)32-10-12-36-13-11-32;1-7-3-5-9(6-4-7)11-14-12-10(13)8(2)15-17(12)16-11/h6-9,17-19,23H,10-15H2,1-4H3,(H,30,31);3-6,15H,1-2H3. The van der Waals surface area contributed by atoms with Crippen molar-refractivity contribution in [2.45, 2.75) is 60.5 Å². The lowest BCUT2D eigenvalue weighted by atomic mass is 9.75. The Morgan fingerprint density at radius 1 is 0.891 bits per heavy atom. The van der Waals surface area contributed by atoms with Crippen LogP contribution < -0.4 is 4.74 Å². The average Bonchev–Trinajstić information content (AvgIpc) is 3.92. The number of fused-ring (bicyclic) bond motifs is 2. The summed E-state index contributed by atoms with van der Waals surface area (Å²) < 4.78 is 20.1. The number of H-pyrrole nitrogens is 2. The minimum absolute atomic E-state index is 0.00240. The van der Waals surface area contributed by atoms with E-state index >= 15 is 0 Å². The molecule has 286 valence electrons. The molecule has 0 bridgehead atoms. The summed E-state index contributed by atoms with van der Waals surface area (Å²) >= 11 is 6.11. The van der Waals surface area contributed by atoms with Crippen LogP contribution in [0.25, 0.3) is 38.9 Å². The zero-order chi connectivity index (χ0) is 39.0. The molecule has 1 saturated heterocycles. The highest BCUT2D eigenvalue weighted by molar-refractivity contribution is 6.34. The second-order valence-electron chi connectivity index (χ2n) is 14.7. The number of morpholine rings is 1. The number of aromatic nitrogens is 7. The Morgan fingerprint density at radius 2 is 1.51 bits per heavy atom. The summed E-state index contributed by atoms with van der Waals surface area (Å²) in [6, 6.07) is 15.8. The predicted octanol–water partition coefficient (Wildman–Crippen LogP) is 8.24. The molecule has 2 aliphatic rings. The summed E-state index contributed by atoms with van der Waals surface area (Å²) in [5.41, 5.74) is 5.71. The van der Waals surface area contributed by atoms with Crippen molar-refractivity contribution in [2.75, 3.05) is 26.3 Å². The lowest BCUT2D eigenvalue weighted by Gasteiger charge is -2.37. The van der Waals surface area contributed by atoms with E-state index < -0.39 is 12.1 Å². The first kappa shape index (κ1) is 37.7. The Labute approximate surface area is 323 Å². The van der Waals surface area contributed by atoms with Gasteiger partial charge in [0, 0.05) is 24.2 Å². The monoisotopic (exact) mass is 765 g/mol. The minimum Gasteiger partial charge on any atom is -0.459 e. The summed E-state index contributed by atoms with van der Waals surface area (Å²) in [5.74, 6) is 1.37.